The Labute approximate surface area is 197 Å². The summed E-state index contributed by atoms with van der Waals surface area (Å²) >= 11 is 0. The van der Waals surface area contributed by atoms with E-state index < -0.39 is 11.9 Å². The lowest BCUT2D eigenvalue weighted by atomic mass is 9.95. The van der Waals surface area contributed by atoms with Gasteiger partial charge in [-0.15, -0.1) is 0 Å². The molecule has 0 amide bonds. The van der Waals surface area contributed by atoms with Gasteiger partial charge in [0, 0.05) is 45.5 Å². The lowest BCUT2D eigenvalue weighted by Crippen LogP contribution is -2.49. The van der Waals surface area contributed by atoms with Gasteiger partial charge < -0.3 is 19.3 Å². The van der Waals surface area contributed by atoms with Crippen LogP contribution in [0.2, 0.25) is 0 Å². The number of aromatic nitrogens is 1. The van der Waals surface area contributed by atoms with Crippen molar-refractivity contribution in [3.05, 3.63) is 93.4 Å². The first-order chi connectivity index (χ1) is 16.4. The maximum absolute atomic E-state index is 14.3. The van der Waals surface area contributed by atoms with Gasteiger partial charge in [-0.25, -0.2) is 8.78 Å². The molecule has 0 aliphatic carbocycles. The van der Waals surface area contributed by atoms with Crippen LogP contribution < -0.4 is 10.5 Å². The number of halogens is 2. The highest BCUT2D eigenvalue weighted by Gasteiger charge is 2.32. The van der Waals surface area contributed by atoms with Gasteiger partial charge in [0.25, 0.3) is 5.56 Å². The Morgan fingerprint density at radius 2 is 1.76 bits per heavy atom. The highest BCUT2D eigenvalue weighted by molar-refractivity contribution is 5.48. The van der Waals surface area contributed by atoms with Crippen molar-refractivity contribution in [2.24, 2.45) is 0 Å². The average molecular weight is 470 g/mol. The molecule has 1 fully saturated rings. The number of aryl methyl sites for hydroxylation is 1. The van der Waals surface area contributed by atoms with E-state index in [9.17, 15) is 18.7 Å². The Hall–Kier alpha value is -3.23. The number of aromatic hydroxyl groups is 1. The number of rotatable bonds is 7. The molecule has 1 N–H and O–H groups in total. The van der Waals surface area contributed by atoms with Crippen molar-refractivity contribution in [3.8, 4) is 5.75 Å². The summed E-state index contributed by atoms with van der Waals surface area (Å²) in [6.07, 6.45) is 0. The molecule has 3 aromatic rings. The van der Waals surface area contributed by atoms with Gasteiger partial charge in [-0.1, -0.05) is 24.3 Å². The molecule has 4 rings (SSSR count). The minimum Gasteiger partial charge on any atom is -0.507 e. The molecule has 2 aromatic carbocycles. The van der Waals surface area contributed by atoms with Crippen LogP contribution in [0.1, 0.15) is 22.9 Å². The Morgan fingerprint density at radius 3 is 2.44 bits per heavy atom. The van der Waals surface area contributed by atoms with Crippen molar-refractivity contribution in [2.45, 2.75) is 19.5 Å². The summed E-state index contributed by atoms with van der Waals surface area (Å²) in [5.41, 5.74) is 1.59. The van der Waals surface area contributed by atoms with Gasteiger partial charge in [0.05, 0.1) is 23.9 Å². The zero-order chi connectivity index (χ0) is 24.2. The van der Waals surface area contributed by atoms with Crippen LogP contribution in [0.4, 0.5) is 14.5 Å². The second-order valence-electron chi connectivity index (χ2n) is 8.47. The van der Waals surface area contributed by atoms with E-state index in [1.807, 2.05) is 9.80 Å². The standard InChI is InChI=1S/C26H29F2N3O3/c1-18-16-23(32)24(26(33)31(18)14-15-34-2)25(19-6-5-7-20(27)17-19)30-12-10-29(11-13-30)22-9-4-3-8-21(22)28/h3-9,16-17,25,32H,10-15H2,1-2H3. The number of para-hydroxylation sites is 1. The number of methoxy groups -OCH3 is 1. The molecular weight excluding hydrogens is 440 g/mol. The molecular formula is C26H29F2N3O3. The highest BCUT2D eigenvalue weighted by atomic mass is 19.1. The summed E-state index contributed by atoms with van der Waals surface area (Å²) in [6.45, 7) is 4.49. The second kappa shape index (κ2) is 10.4. The highest BCUT2D eigenvalue weighted by Crippen LogP contribution is 2.34. The van der Waals surface area contributed by atoms with Crippen LogP contribution in [0.25, 0.3) is 0 Å². The second-order valence-corrected chi connectivity index (χ2v) is 8.47. The Morgan fingerprint density at radius 1 is 1.03 bits per heavy atom. The van der Waals surface area contributed by atoms with E-state index in [0.717, 1.165) is 0 Å². The number of nitrogens with zero attached hydrogens (tertiary/aromatic N) is 3. The van der Waals surface area contributed by atoms with Gasteiger partial charge in [0.15, 0.2) is 0 Å². The summed E-state index contributed by atoms with van der Waals surface area (Å²) in [4.78, 5) is 17.6. The average Bonchev–Trinajstić information content (AvgIpc) is 2.82. The molecule has 34 heavy (non-hydrogen) atoms. The molecule has 0 spiro atoms. The molecule has 1 aliphatic heterocycles. The third-order valence-corrected chi connectivity index (χ3v) is 6.35. The summed E-state index contributed by atoms with van der Waals surface area (Å²) in [5, 5.41) is 10.9. The lowest BCUT2D eigenvalue weighted by molar-refractivity contribution is 0.183. The predicted molar refractivity (Wildman–Crippen MR) is 127 cm³/mol. The van der Waals surface area contributed by atoms with E-state index in [-0.39, 0.29) is 22.7 Å². The third-order valence-electron chi connectivity index (χ3n) is 6.35. The molecule has 1 unspecified atom stereocenters. The number of hydrogen-bond donors (Lipinski definition) is 1. The van der Waals surface area contributed by atoms with Crippen molar-refractivity contribution < 1.29 is 18.6 Å². The number of ether oxygens (including phenoxy) is 1. The van der Waals surface area contributed by atoms with Gasteiger partial charge in [0.1, 0.15) is 17.4 Å². The molecule has 1 atom stereocenters. The van der Waals surface area contributed by atoms with Crippen molar-refractivity contribution in [3.63, 3.8) is 0 Å². The van der Waals surface area contributed by atoms with Crippen molar-refractivity contribution in [1.29, 1.82) is 0 Å². The zero-order valence-electron chi connectivity index (χ0n) is 19.4. The van der Waals surface area contributed by atoms with Crippen LogP contribution in [0.5, 0.6) is 5.75 Å². The van der Waals surface area contributed by atoms with Crippen LogP contribution in [-0.4, -0.2) is 54.5 Å². The smallest absolute Gasteiger partial charge is 0.259 e. The Balaban J connectivity index is 1.73. The van der Waals surface area contributed by atoms with Crippen molar-refractivity contribution >= 4 is 5.69 Å². The Kier molecular flexibility index (Phi) is 7.29. The fraction of sp³-hybridized carbons (Fsp3) is 0.346. The zero-order valence-corrected chi connectivity index (χ0v) is 19.4. The van der Waals surface area contributed by atoms with Crippen LogP contribution >= 0.6 is 0 Å². The van der Waals surface area contributed by atoms with E-state index in [1.165, 1.54) is 18.2 Å². The van der Waals surface area contributed by atoms with Gasteiger partial charge in [-0.3, -0.25) is 9.69 Å². The summed E-state index contributed by atoms with van der Waals surface area (Å²) in [5.74, 6) is -0.824. The van der Waals surface area contributed by atoms with Crippen LogP contribution in [0.15, 0.2) is 59.4 Å². The maximum Gasteiger partial charge on any atom is 0.259 e. The van der Waals surface area contributed by atoms with E-state index in [4.69, 9.17) is 4.74 Å². The molecule has 0 saturated carbocycles. The predicted octanol–water partition coefficient (Wildman–Crippen LogP) is 3.70. The van der Waals surface area contributed by atoms with Crippen LogP contribution in [0, 0.1) is 18.6 Å². The Bertz CT molecular complexity index is 1210. The van der Waals surface area contributed by atoms with E-state index in [0.29, 0.717) is 56.3 Å². The van der Waals surface area contributed by atoms with E-state index in [2.05, 4.69) is 0 Å². The first kappa shape index (κ1) is 23.9. The topological polar surface area (TPSA) is 57.9 Å². The number of pyridine rings is 1. The SMILES string of the molecule is COCCn1c(C)cc(O)c(C(c2cccc(F)c2)N2CCN(c3ccccc3F)CC2)c1=O. The number of piperazine rings is 1. The van der Waals surface area contributed by atoms with Crippen LogP contribution in [0.3, 0.4) is 0 Å². The first-order valence-electron chi connectivity index (χ1n) is 11.3. The fourth-order valence-corrected chi connectivity index (χ4v) is 4.65. The maximum atomic E-state index is 14.3. The van der Waals surface area contributed by atoms with Crippen molar-refractivity contribution in [1.82, 2.24) is 9.47 Å². The summed E-state index contributed by atoms with van der Waals surface area (Å²) < 4.78 is 35.2. The first-order valence-corrected chi connectivity index (χ1v) is 11.3. The molecule has 1 saturated heterocycles. The van der Waals surface area contributed by atoms with Gasteiger partial charge >= 0.3 is 0 Å². The molecule has 180 valence electrons. The van der Waals surface area contributed by atoms with Gasteiger partial charge in [-0.2, -0.15) is 0 Å². The third kappa shape index (κ3) is 4.83. The molecule has 0 radical (unpaired) electrons. The number of anilines is 1. The number of hydrogen-bond acceptors (Lipinski definition) is 5. The van der Waals surface area contributed by atoms with E-state index in [1.54, 1.807) is 55.0 Å². The molecule has 0 bridgehead atoms. The van der Waals surface area contributed by atoms with E-state index >= 15 is 0 Å². The molecule has 1 aliphatic rings. The van der Waals surface area contributed by atoms with Crippen LogP contribution in [-0.2, 0) is 11.3 Å². The summed E-state index contributed by atoms with van der Waals surface area (Å²) in [7, 11) is 1.56. The minimum absolute atomic E-state index is 0.123. The largest absolute Gasteiger partial charge is 0.507 e. The van der Waals surface area contributed by atoms with Gasteiger partial charge in [-0.05, 0) is 42.8 Å². The van der Waals surface area contributed by atoms with Gasteiger partial charge in [0.2, 0.25) is 0 Å². The van der Waals surface area contributed by atoms with Crippen molar-refractivity contribution in [2.75, 3.05) is 44.8 Å². The minimum atomic E-state index is -0.652. The molecule has 2 heterocycles. The lowest BCUT2D eigenvalue weighted by Gasteiger charge is -2.40. The molecule has 8 heteroatoms. The summed E-state index contributed by atoms with van der Waals surface area (Å²) in [6, 6.07) is 13.6. The number of benzene rings is 2. The molecule has 1 aromatic heterocycles. The quantitative estimate of drug-likeness (QED) is 0.572. The normalized spacial score (nSPS) is 15.5. The fourth-order valence-electron chi connectivity index (χ4n) is 4.65. The molecule has 6 nitrogen and oxygen atoms in total. The monoisotopic (exact) mass is 469 g/mol.